The molecule has 1 aliphatic heterocycles. The number of hydrogen-bond donors (Lipinski definition) is 0. The maximum absolute atomic E-state index is 5.20. The number of halogens is 1. The molecule has 1 aromatic rings. The van der Waals surface area contributed by atoms with Gasteiger partial charge in [-0.15, -0.1) is 0 Å². The molecule has 0 aliphatic carbocycles. The maximum atomic E-state index is 5.20. The third kappa shape index (κ3) is 1.61. The van der Waals surface area contributed by atoms with E-state index in [0.717, 1.165) is 28.9 Å². The van der Waals surface area contributed by atoms with Crippen LogP contribution in [0.2, 0.25) is 0 Å². The average Bonchev–Trinajstić information content (AvgIpc) is 2.17. The lowest BCUT2D eigenvalue weighted by Gasteiger charge is -2.15. The van der Waals surface area contributed by atoms with Gasteiger partial charge in [-0.25, -0.2) is 0 Å². The number of ether oxygens (including phenoxy) is 1. The molecular formula is C10H10BrNO. The van der Waals surface area contributed by atoms with Gasteiger partial charge in [0.05, 0.1) is 7.11 Å². The van der Waals surface area contributed by atoms with Gasteiger partial charge in [-0.05, 0) is 24.1 Å². The predicted molar refractivity (Wildman–Crippen MR) is 56.3 cm³/mol. The summed E-state index contributed by atoms with van der Waals surface area (Å²) < 4.78 is 6.27. The van der Waals surface area contributed by atoms with Crippen LogP contribution < -0.4 is 0 Å². The molecule has 0 saturated carbocycles. The van der Waals surface area contributed by atoms with Crippen molar-refractivity contribution in [3.8, 4) is 0 Å². The largest absolute Gasteiger partial charge is 0.481 e. The summed E-state index contributed by atoms with van der Waals surface area (Å²) in [7, 11) is 1.66. The van der Waals surface area contributed by atoms with Crippen LogP contribution >= 0.6 is 15.9 Å². The Balaban J connectivity index is 2.51. The zero-order valence-electron chi connectivity index (χ0n) is 7.38. The molecular weight excluding hydrogens is 230 g/mol. The molecule has 2 rings (SSSR count). The Labute approximate surface area is 85.8 Å². The Morgan fingerprint density at radius 1 is 1.46 bits per heavy atom. The Bertz CT molecular complexity index is 360. The second-order valence-electron chi connectivity index (χ2n) is 2.94. The normalized spacial score (nSPS) is 14.8. The number of nitrogens with zero attached hydrogens (tertiary/aromatic N) is 1. The summed E-state index contributed by atoms with van der Waals surface area (Å²) in [5.74, 6) is 0.752. The highest BCUT2D eigenvalue weighted by atomic mass is 79.9. The van der Waals surface area contributed by atoms with E-state index < -0.39 is 0 Å². The van der Waals surface area contributed by atoms with Gasteiger partial charge in [0.15, 0.2) is 0 Å². The van der Waals surface area contributed by atoms with E-state index >= 15 is 0 Å². The molecule has 68 valence electrons. The molecule has 0 spiro atoms. The molecule has 0 amide bonds. The van der Waals surface area contributed by atoms with Crippen LogP contribution in [0.5, 0.6) is 0 Å². The zero-order valence-corrected chi connectivity index (χ0v) is 8.97. The van der Waals surface area contributed by atoms with Crippen molar-refractivity contribution in [1.29, 1.82) is 0 Å². The summed E-state index contributed by atoms with van der Waals surface area (Å²) in [4.78, 5) is 4.30. The molecule has 3 heteroatoms. The molecule has 13 heavy (non-hydrogen) atoms. The van der Waals surface area contributed by atoms with Gasteiger partial charge in [0, 0.05) is 16.6 Å². The summed E-state index contributed by atoms with van der Waals surface area (Å²) in [6.07, 6.45) is 1.01. The van der Waals surface area contributed by atoms with Crippen molar-refractivity contribution in [1.82, 2.24) is 0 Å². The number of rotatable bonds is 0. The van der Waals surface area contributed by atoms with Crippen molar-refractivity contribution >= 4 is 21.8 Å². The van der Waals surface area contributed by atoms with Crippen molar-refractivity contribution < 1.29 is 4.74 Å². The van der Waals surface area contributed by atoms with E-state index in [4.69, 9.17) is 4.74 Å². The molecule has 1 aromatic carbocycles. The first-order valence-electron chi connectivity index (χ1n) is 4.18. The summed E-state index contributed by atoms with van der Waals surface area (Å²) >= 11 is 3.44. The molecule has 0 atom stereocenters. The molecule has 0 saturated heterocycles. The van der Waals surface area contributed by atoms with Gasteiger partial charge in [-0.2, -0.15) is 0 Å². The number of aliphatic imine (C=N–C) groups is 1. The molecule has 0 N–H and O–H groups in total. The van der Waals surface area contributed by atoms with Crippen LogP contribution in [0.3, 0.4) is 0 Å². The Kier molecular flexibility index (Phi) is 2.36. The third-order valence-electron chi connectivity index (χ3n) is 2.13. The van der Waals surface area contributed by atoms with Gasteiger partial charge in [0.2, 0.25) is 5.90 Å². The molecule has 2 nitrogen and oxygen atoms in total. The Hall–Kier alpha value is -0.830. The van der Waals surface area contributed by atoms with Gasteiger partial charge in [-0.1, -0.05) is 22.0 Å². The van der Waals surface area contributed by atoms with Gasteiger partial charge in [0.25, 0.3) is 0 Å². The third-order valence-corrected chi connectivity index (χ3v) is 2.63. The quantitative estimate of drug-likeness (QED) is 0.682. The first-order valence-corrected chi connectivity index (χ1v) is 4.98. The smallest absolute Gasteiger partial charge is 0.216 e. The van der Waals surface area contributed by atoms with Crippen LogP contribution in [0.1, 0.15) is 11.1 Å². The van der Waals surface area contributed by atoms with Crippen molar-refractivity contribution in [2.75, 3.05) is 13.7 Å². The van der Waals surface area contributed by atoms with Crippen LogP contribution in [0.25, 0.3) is 0 Å². The van der Waals surface area contributed by atoms with E-state index in [2.05, 4.69) is 39.1 Å². The van der Waals surface area contributed by atoms with E-state index in [0.29, 0.717) is 0 Å². The fourth-order valence-corrected chi connectivity index (χ4v) is 1.86. The lowest BCUT2D eigenvalue weighted by atomic mass is 10.0. The first-order chi connectivity index (χ1) is 6.31. The molecule has 0 bridgehead atoms. The van der Waals surface area contributed by atoms with E-state index in [-0.39, 0.29) is 0 Å². The Morgan fingerprint density at radius 2 is 2.31 bits per heavy atom. The van der Waals surface area contributed by atoms with Gasteiger partial charge in [0.1, 0.15) is 0 Å². The van der Waals surface area contributed by atoms with Gasteiger partial charge < -0.3 is 4.74 Å². The minimum Gasteiger partial charge on any atom is -0.481 e. The minimum absolute atomic E-state index is 0.752. The van der Waals surface area contributed by atoms with E-state index in [1.165, 1.54) is 5.56 Å². The molecule has 1 aliphatic rings. The number of benzene rings is 1. The fourth-order valence-electron chi connectivity index (χ4n) is 1.50. The molecule has 0 fully saturated rings. The summed E-state index contributed by atoms with van der Waals surface area (Å²) in [6.45, 7) is 0.831. The molecule has 1 heterocycles. The first kappa shape index (κ1) is 8.75. The van der Waals surface area contributed by atoms with Crippen LogP contribution in [0, 0.1) is 0 Å². The SMILES string of the molecule is COC1=NCCc2ccc(Br)cc21. The second-order valence-corrected chi connectivity index (χ2v) is 3.86. The Morgan fingerprint density at radius 3 is 3.08 bits per heavy atom. The molecule has 0 radical (unpaired) electrons. The summed E-state index contributed by atoms with van der Waals surface area (Å²) in [5.41, 5.74) is 2.43. The highest BCUT2D eigenvalue weighted by molar-refractivity contribution is 9.10. The zero-order chi connectivity index (χ0) is 9.26. The van der Waals surface area contributed by atoms with Crippen molar-refractivity contribution in [2.45, 2.75) is 6.42 Å². The van der Waals surface area contributed by atoms with Crippen LogP contribution in [-0.4, -0.2) is 19.6 Å². The lowest BCUT2D eigenvalue weighted by molar-refractivity contribution is 0.400. The lowest BCUT2D eigenvalue weighted by Crippen LogP contribution is -2.14. The van der Waals surface area contributed by atoms with Crippen LogP contribution in [-0.2, 0) is 11.2 Å². The van der Waals surface area contributed by atoms with Crippen molar-refractivity contribution in [2.24, 2.45) is 4.99 Å². The number of methoxy groups -OCH3 is 1. The van der Waals surface area contributed by atoms with Crippen LogP contribution in [0.15, 0.2) is 27.7 Å². The van der Waals surface area contributed by atoms with Gasteiger partial charge >= 0.3 is 0 Å². The van der Waals surface area contributed by atoms with E-state index in [1.54, 1.807) is 7.11 Å². The summed E-state index contributed by atoms with van der Waals surface area (Å²) in [5, 5.41) is 0. The summed E-state index contributed by atoms with van der Waals surface area (Å²) in [6, 6.07) is 6.22. The molecule has 0 unspecified atom stereocenters. The van der Waals surface area contributed by atoms with Crippen LogP contribution in [0.4, 0.5) is 0 Å². The monoisotopic (exact) mass is 239 g/mol. The number of fused-ring (bicyclic) bond motifs is 1. The molecule has 0 aromatic heterocycles. The number of hydrogen-bond acceptors (Lipinski definition) is 2. The van der Waals surface area contributed by atoms with Crippen molar-refractivity contribution in [3.63, 3.8) is 0 Å². The maximum Gasteiger partial charge on any atom is 0.216 e. The topological polar surface area (TPSA) is 21.6 Å². The highest BCUT2D eigenvalue weighted by Crippen LogP contribution is 2.21. The average molecular weight is 240 g/mol. The van der Waals surface area contributed by atoms with E-state index in [9.17, 15) is 0 Å². The minimum atomic E-state index is 0.752. The highest BCUT2D eigenvalue weighted by Gasteiger charge is 2.14. The standard InChI is InChI=1S/C10H10BrNO/c1-13-10-9-6-8(11)3-2-7(9)4-5-12-10/h2-3,6H,4-5H2,1H3. The van der Waals surface area contributed by atoms with E-state index in [1.807, 2.05) is 0 Å². The predicted octanol–water partition coefficient (Wildman–Crippen LogP) is 2.40. The second kappa shape index (κ2) is 3.50. The fraction of sp³-hybridized carbons (Fsp3) is 0.300. The van der Waals surface area contributed by atoms with Crippen molar-refractivity contribution in [3.05, 3.63) is 33.8 Å². The van der Waals surface area contributed by atoms with Gasteiger partial charge in [-0.3, -0.25) is 4.99 Å².